The molecule has 0 aromatic heterocycles. The van der Waals surface area contributed by atoms with E-state index in [9.17, 15) is 5.11 Å². The predicted molar refractivity (Wildman–Crippen MR) is 78.7 cm³/mol. The Hall–Kier alpha value is -1.10. The topological polar surface area (TPSA) is 50.7 Å². The molecule has 4 heteroatoms. The SMILES string of the molecule is CC(C)(C)NCC(O)c1ccc2c(c1)COC(C)(C)O2. The van der Waals surface area contributed by atoms with E-state index >= 15 is 0 Å². The van der Waals surface area contributed by atoms with E-state index in [-0.39, 0.29) is 5.54 Å². The fourth-order valence-electron chi connectivity index (χ4n) is 2.09. The monoisotopic (exact) mass is 279 g/mol. The van der Waals surface area contributed by atoms with E-state index in [0.717, 1.165) is 16.9 Å². The van der Waals surface area contributed by atoms with Crippen LogP contribution in [0.5, 0.6) is 5.75 Å². The van der Waals surface area contributed by atoms with E-state index < -0.39 is 11.9 Å². The number of hydrogen-bond acceptors (Lipinski definition) is 4. The summed E-state index contributed by atoms with van der Waals surface area (Å²) in [4.78, 5) is 0. The van der Waals surface area contributed by atoms with Gasteiger partial charge in [-0.25, -0.2) is 0 Å². The quantitative estimate of drug-likeness (QED) is 0.893. The van der Waals surface area contributed by atoms with Crippen molar-refractivity contribution in [1.82, 2.24) is 5.32 Å². The number of ether oxygens (including phenoxy) is 2. The maximum absolute atomic E-state index is 10.2. The highest BCUT2D eigenvalue weighted by Gasteiger charge is 2.27. The second-order valence-electron chi connectivity index (χ2n) is 6.80. The molecule has 112 valence electrons. The van der Waals surface area contributed by atoms with Gasteiger partial charge >= 0.3 is 0 Å². The lowest BCUT2D eigenvalue weighted by molar-refractivity contribution is -0.180. The second kappa shape index (κ2) is 5.35. The maximum atomic E-state index is 10.2. The van der Waals surface area contributed by atoms with Crippen LogP contribution in [-0.4, -0.2) is 23.0 Å². The molecule has 0 amide bonds. The predicted octanol–water partition coefficient (Wildman–Crippen LogP) is 2.75. The van der Waals surface area contributed by atoms with E-state index in [1.807, 2.05) is 32.0 Å². The van der Waals surface area contributed by atoms with Gasteiger partial charge in [-0.15, -0.1) is 0 Å². The average molecular weight is 279 g/mol. The zero-order valence-electron chi connectivity index (χ0n) is 13.0. The van der Waals surface area contributed by atoms with E-state index in [4.69, 9.17) is 9.47 Å². The molecule has 0 radical (unpaired) electrons. The molecular formula is C16H25NO3. The highest BCUT2D eigenvalue weighted by atomic mass is 16.7. The first-order valence-corrected chi connectivity index (χ1v) is 7.05. The Balaban J connectivity index is 2.08. The molecule has 1 aromatic rings. The van der Waals surface area contributed by atoms with Gasteiger partial charge in [0.15, 0.2) is 0 Å². The molecule has 1 heterocycles. The molecule has 2 N–H and O–H groups in total. The molecule has 1 aliphatic rings. The van der Waals surface area contributed by atoms with Crippen LogP contribution >= 0.6 is 0 Å². The van der Waals surface area contributed by atoms with Gasteiger partial charge in [-0.3, -0.25) is 0 Å². The smallest absolute Gasteiger partial charge is 0.205 e. The van der Waals surface area contributed by atoms with Crippen LogP contribution in [0.4, 0.5) is 0 Å². The first-order valence-electron chi connectivity index (χ1n) is 7.05. The Bertz CT molecular complexity index is 477. The molecule has 2 rings (SSSR count). The molecule has 4 nitrogen and oxygen atoms in total. The van der Waals surface area contributed by atoms with Crippen molar-refractivity contribution in [3.8, 4) is 5.75 Å². The summed E-state index contributed by atoms with van der Waals surface area (Å²) in [6.45, 7) is 11.1. The highest BCUT2D eigenvalue weighted by Crippen LogP contribution is 2.32. The highest BCUT2D eigenvalue weighted by molar-refractivity contribution is 5.39. The molecule has 0 saturated heterocycles. The van der Waals surface area contributed by atoms with Gasteiger partial charge in [-0.05, 0) is 38.5 Å². The van der Waals surface area contributed by atoms with Crippen LogP contribution in [0.2, 0.25) is 0 Å². The number of fused-ring (bicyclic) bond motifs is 1. The Morgan fingerprint density at radius 1 is 1.35 bits per heavy atom. The largest absolute Gasteiger partial charge is 0.463 e. The summed E-state index contributed by atoms with van der Waals surface area (Å²) in [5, 5.41) is 13.5. The van der Waals surface area contributed by atoms with Crippen molar-refractivity contribution in [2.24, 2.45) is 0 Å². The molecule has 0 saturated carbocycles. The van der Waals surface area contributed by atoms with Crippen molar-refractivity contribution >= 4 is 0 Å². The normalized spacial score (nSPS) is 19.1. The number of hydrogen-bond donors (Lipinski definition) is 2. The second-order valence-corrected chi connectivity index (χ2v) is 6.80. The Kier molecular flexibility index (Phi) is 4.09. The summed E-state index contributed by atoms with van der Waals surface area (Å²) < 4.78 is 11.4. The average Bonchev–Trinajstić information content (AvgIpc) is 2.33. The fraction of sp³-hybridized carbons (Fsp3) is 0.625. The number of aliphatic hydroxyl groups excluding tert-OH is 1. The van der Waals surface area contributed by atoms with E-state index in [1.54, 1.807) is 0 Å². The Morgan fingerprint density at radius 3 is 2.70 bits per heavy atom. The number of β-amino-alcohol motifs (C(OH)–C–C–N with tert-alkyl or cyclic N) is 1. The number of benzene rings is 1. The van der Waals surface area contributed by atoms with E-state index in [1.165, 1.54) is 0 Å². The van der Waals surface area contributed by atoms with Crippen LogP contribution in [0.1, 0.15) is 51.8 Å². The first-order chi connectivity index (χ1) is 9.16. The number of nitrogens with one attached hydrogen (secondary N) is 1. The molecule has 1 unspecified atom stereocenters. The summed E-state index contributed by atoms with van der Waals surface area (Å²) in [5.41, 5.74) is 1.86. The van der Waals surface area contributed by atoms with Gasteiger partial charge in [-0.2, -0.15) is 0 Å². The van der Waals surface area contributed by atoms with Crippen LogP contribution in [0, 0.1) is 0 Å². The van der Waals surface area contributed by atoms with Gasteiger partial charge in [0.05, 0.1) is 12.7 Å². The van der Waals surface area contributed by atoms with Gasteiger partial charge in [0.1, 0.15) is 5.75 Å². The van der Waals surface area contributed by atoms with Crippen LogP contribution < -0.4 is 10.1 Å². The van der Waals surface area contributed by atoms with Crippen molar-refractivity contribution in [1.29, 1.82) is 0 Å². The van der Waals surface area contributed by atoms with Crippen LogP contribution in [0.15, 0.2) is 18.2 Å². The first kappa shape index (κ1) is 15.3. The summed E-state index contributed by atoms with van der Waals surface area (Å²) in [5.74, 6) is 0.252. The number of rotatable bonds is 3. The Morgan fingerprint density at radius 2 is 2.05 bits per heavy atom. The molecule has 0 fully saturated rings. The molecule has 0 bridgehead atoms. The molecule has 1 atom stereocenters. The third kappa shape index (κ3) is 3.95. The summed E-state index contributed by atoms with van der Waals surface area (Å²) in [6, 6.07) is 5.78. The molecule has 0 aliphatic carbocycles. The zero-order chi connectivity index (χ0) is 15.0. The lowest BCUT2D eigenvalue weighted by Gasteiger charge is -2.33. The van der Waals surface area contributed by atoms with Crippen LogP contribution in [0.3, 0.4) is 0 Å². The summed E-state index contributed by atoms with van der Waals surface area (Å²) in [6.07, 6.45) is -0.533. The summed E-state index contributed by atoms with van der Waals surface area (Å²) in [7, 11) is 0. The minimum absolute atomic E-state index is 0.00850. The van der Waals surface area contributed by atoms with Gasteiger partial charge in [-0.1, -0.05) is 6.07 Å². The zero-order valence-corrected chi connectivity index (χ0v) is 13.0. The minimum atomic E-state index is -0.582. The van der Waals surface area contributed by atoms with Crippen molar-refractivity contribution < 1.29 is 14.6 Å². The van der Waals surface area contributed by atoms with E-state index in [0.29, 0.717) is 13.2 Å². The van der Waals surface area contributed by atoms with Crippen LogP contribution in [0.25, 0.3) is 0 Å². The molecular weight excluding hydrogens is 254 g/mol. The van der Waals surface area contributed by atoms with Crippen molar-refractivity contribution in [3.63, 3.8) is 0 Å². The van der Waals surface area contributed by atoms with Gasteiger partial charge in [0, 0.05) is 31.5 Å². The van der Waals surface area contributed by atoms with Gasteiger partial charge < -0.3 is 19.9 Å². The third-order valence-corrected chi connectivity index (χ3v) is 3.23. The van der Waals surface area contributed by atoms with Crippen molar-refractivity contribution in [2.75, 3.05) is 6.54 Å². The third-order valence-electron chi connectivity index (χ3n) is 3.23. The Labute approximate surface area is 121 Å². The molecule has 0 spiro atoms. The van der Waals surface area contributed by atoms with E-state index in [2.05, 4.69) is 26.1 Å². The van der Waals surface area contributed by atoms with Crippen LogP contribution in [-0.2, 0) is 11.3 Å². The minimum Gasteiger partial charge on any atom is -0.463 e. The van der Waals surface area contributed by atoms with Crippen molar-refractivity contribution in [3.05, 3.63) is 29.3 Å². The fourth-order valence-corrected chi connectivity index (χ4v) is 2.09. The maximum Gasteiger partial charge on any atom is 0.205 e. The van der Waals surface area contributed by atoms with Gasteiger partial charge in [0.2, 0.25) is 5.79 Å². The van der Waals surface area contributed by atoms with Crippen molar-refractivity contribution in [2.45, 2.75) is 58.7 Å². The molecule has 1 aromatic carbocycles. The molecule has 1 aliphatic heterocycles. The summed E-state index contributed by atoms with van der Waals surface area (Å²) >= 11 is 0. The van der Waals surface area contributed by atoms with Gasteiger partial charge in [0.25, 0.3) is 0 Å². The lowest BCUT2D eigenvalue weighted by Crippen LogP contribution is -2.38. The lowest BCUT2D eigenvalue weighted by atomic mass is 10.0. The standard InChI is InChI=1S/C16H25NO3/c1-15(2,3)17-9-13(18)11-6-7-14-12(8-11)10-19-16(4,5)20-14/h6-8,13,17-18H,9-10H2,1-5H3. The number of aliphatic hydroxyl groups is 1. The molecule has 20 heavy (non-hydrogen) atoms.